The predicted molar refractivity (Wildman–Crippen MR) is 97.9 cm³/mol. The van der Waals surface area contributed by atoms with Gasteiger partial charge in [-0.15, -0.1) is 5.10 Å². The van der Waals surface area contributed by atoms with Crippen LogP contribution in [0.2, 0.25) is 0 Å². The number of carbonyl (C=O) groups is 2. The number of amidine groups is 1. The molecule has 1 aliphatic rings. The van der Waals surface area contributed by atoms with Crippen LogP contribution in [0.25, 0.3) is 0 Å². The zero-order chi connectivity index (χ0) is 20.1. The van der Waals surface area contributed by atoms with E-state index in [2.05, 4.69) is 20.8 Å². The lowest BCUT2D eigenvalue weighted by Crippen LogP contribution is -2.28. The van der Waals surface area contributed by atoms with Gasteiger partial charge in [-0.1, -0.05) is 17.8 Å². The number of thioether (sulfide) groups is 1. The third kappa shape index (κ3) is 5.22. The summed E-state index contributed by atoms with van der Waals surface area (Å²) in [7, 11) is 0. The summed E-state index contributed by atoms with van der Waals surface area (Å²) in [5.41, 5.74) is -0.873. The number of rotatable bonds is 5. The topological polar surface area (TPSA) is 96.1 Å². The molecule has 1 aliphatic heterocycles. The largest absolute Gasteiger partial charge is 0.463 e. The zero-order valence-corrected chi connectivity index (χ0v) is 14.9. The van der Waals surface area contributed by atoms with Crippen LogP contribution in [0, 0.1) is 0 Å². The summed E-state index contributed by atoms with van der Waals surface area (Å²) in [6.45, 7) is 0. The minimum atomic E-state index is -4.51. The van der Waals surface area contributed by atoms with Crippen LogP contribution in [0.1, 0.15) is 17.7 Å². The molecular formula is C17H13F3N4O3S. The average Bonchev–Trinajstić information content (AvgIpc) is 3.25. The summed E-state index contributed by atoms with van der Waals surface area (Å²) in [6, 6.07) is 7.62. The fraction of sp³-hybridized carbons (Fsp3) is 0.176. The smallest absolute Gasteiger partial charge is 0.416 e. The van der Waals surface area contributed by atoms with Gasteiger partial charge in [-0.2, -0.15) is 18.3 Å². The van der Waals surface area contributed by atoms with Gasteiger partial charge in [-0.3, -0.25) is 9.59 Å². The molecule has 0 bridgehead atoms. The van der Waals surface area contributed by atoms with E-state index in [1.54, 1.807) is 12.1 Å². The summed E-state index contributed by atoms with van der Waals surface area (Å²) >= 11 is 1.01. The number of benzene rings is 1. The Morgan fingerprint density at radius 1 is 1.32 bits per heavy atom. The molecule has 0 radical (unpaired) electrons. The Balaban J connectivity index is 1.56. The van der Waals surface area contributed by atoms with Gasteiger partial charge >= 0.3 is 6.18 Å². The third-order valence-electron chi connectivity index (χ3n) is 3.50. The SMILES string of the molecule is O=C(CC1S/C(=N/N=C\c2ccco2)NC1=O)Nc1cccc(C(F)(F)F)c1. The number of anilines is 1. The van der Waals surface area contributed by atoms with Crippen molar-refractivity contribution in [3.05, 3.63) is 54.0 Å². The number of hydrogen-bond acceptors (Lipinski definition) is 6. The molecule has 0 spiro atoms. The molecule has 3 rings (SSSR count). The molecule has 28 heavy (non-hydrogen) atoms. The minimum Gasteiger partial charge on any atom is -0.463 e. The van der Waals surface area contributed by atoms with Crippen molar-refractivity contribution in [3.63, 3.8) is 0 Å². The lowest BCUT2D eigenvalue weighted by Gasteiger charge is -2.10. The highest BCUT2D eigenvalue weighted by Crippen LogP contribution is 2.31. The third-order valence-corrected chi connectivity index (χ3v) is 4.57. The van der Waals surface area contributed by atoms with Crippen LogP contribution in [0.5, 0.6) is 0 Å². The Morgan fingerprint density at radius 3 is 2.86 bits per heavy atom. The second kappa shape index (κ2) is 8.30. The number of carbonyl (C=O) groups excluding carboxylic acids is 2. The van der Waals surface area contributed by atoms with Crippen LogP contribution in [0.15, 0.2) is 57.3 Å². The van der Waals surface area contributed by atoms with Crippen LogP contribution < -0.4 is 10.6 Å². The molecular weight excluding hydrogens is 397 g/mol. The van der Waals surface area contributed by atoms with Gasteiger partial charge in [0.1, 0.15) is 11.0 Å². The van der Waals surface area contributed by atoms with E-state index < -0.39 is 28.8 Å². The summed E-state index contributed by atoms with van der Waals surface area (Å²) < 4.78 is 43.2. The number of nitrogens with zero attached hydrogens (tertiary/aromatic N) is 2. The van der Waals surface area contributed by atoms with Gasteiger partial charge in [0, 0.05) is 12.1 Å². The maximum atomic E-state index is 12.7. The van der Waals surface area contributed by atoms with E-state index >= 15 is 0 Å². The Hall–Kier alpha value is -3.08. The van der Waals surface area contributed by atoms with Gasteiger partial charge in [-0.25, -0.2) is 0 Å². The molecule has 1 saturated heterocycles. The molecule has 1 unspecified atom stereocenters. The molecule has 2 N–H and O–H groups in total. The van der Waals surface area contributed by atoms with Gasteiger partial charge in [0.05, 0.1) is 18.0 Å². The van der Waals surface area contributed by atoms with Crippen molar-refractivity contribution in [3.8, 4) is 0 Å². The molecule has 146 valence electrons. The van der Waals surface area contributed by atoms with Crippen molar-refractivity contribution in [2.75, 3.05) is 5.32 Å². The van der Waals surface area contributed by atoms with Crippen molar-refractivity contribution in [2.45, 2.75) is 17.8 Å². The Bertz CT molecular complexity index is 926. The van der Waals surface area contributed by atoms with Crippen molar-refractivity contribution in [1.29, 1.82) is 0 Å². The highest BCUT2D eigenvalue weighted by atomic mass is 32.2. The van der Waals surface area contributed by atoms with Crippen LogP contribution in [0.3, 0.4) is 0 Å². The predicted octanol–water partition coefficient (Wildman–Crippen LogP) is 3.25. The number of amides is 2. The van der Waals surface area contributed by atoms with Crippen molar-refractivity contribution in [2.24, 2.45) is 10.2 Å². The molecule has 2 heterocycles. The van der Waals surface area contributed by atoms with E-state index in [9.17, 15) is 22.8 Å². The van der Waals surface area contributed by atoms with Gasteiger partial charge < -0.3 is 15.1 Å². The van der Waals surface area contributed by atoms with Crippen LogP contribution >= 0.6 is 11.8 Å². The van der Waals surface area contributed by atoms with Gasteiger partial charge in [0.15, 0.2) is 5.17 Å². The first-order chi connectivity index (χ1) is 13.3. The molecule has 1 fully saturated rings. The Labute approximate surface area is 161 Å². The number of furan rings is 1. The zero-order valence-electron chi connectivity index (χ0n) is 14.1. The monoisotopic (exact) mass is 410 g/mol. The molecule has 0 aliphatic carbocycles. The molecule has 1 aromatic heterocycles. The lowest BCUT2D eigenvalue weighted by atomic mass is 10.2. The molecule has 2 aromatic rings. The highest BCUT2D eigenvalue weighted by molar-refractivity contribution is 8.15. The summed E-state index contributed by atoms with van der Waals surface area (Å²) in [5, 5.41) is 11.9. The van der Waals surface area contributed by atoms with E-state index in [-0.39, 0.29) is 17.3 Å². The van der Waals surface area contributed by atoms with Crippen LogP contribution in [0.4, 0.5) is 18.9 Å². The molecule has 11 heteroatoms. The second-order valence-electron chi connectivity index (χ2n) is 5.59. The summed E-state index contributed by atoms with van der Waals surface area (Å²) in [4.78, 5) is 24.0. The number of nitrogens with one attached hydrogen (secondary N) is 2. The van der Waals surface area contributed by atoms with Crippen molar-refractivity contribution < 1.29 is 27.2 Å². The van der Waals surface area contributed by atoms with E-state index in [4.69, 9.17) is 4.42 Å². The van der Waals surface area contributed by atoms with Crippen LogP contribution in [-0.2, 0) is 15.8 Å². The Kier molecular flexibility index (Phi) is 5.83. The number of alkyl halides is 3. The number of hydrogen-bond donors (Lipinski definition) is 2. The maximum absolute atomic E-state index is 12.7. The molecule has 0 saturated carbocycles. The van der Waals surface area contributed by atoms with E-state index in [0.717, 1.165) is 23.9 Å². The van der Waals surface area contributed by atoms with E-state index in [1.807, 2.05) is 0 Å². The standard InChI is InChI=1S/C17H13F3N4O3S/c18-17(19,20)10-3-1-4-11(7-10)22-14(25)8-13-15(26)23-16(28-13)24-21-9-12-5-2-6-27-12/h1-7,9,13H,8H2,(H,22,25)(H,23,24,26)/b21-9-. The molecule has 1 atom stereocenters. The normalized spacial score (nSPS) is 18.6. The summed E-state index contributed by atoms with van der Waals surface area (Å²) in [5.74, 6) is -0.542. The first-order valence-electron chi connectivity index (χ1n) is 7.90. The average molecular weight is 410 g/mol. The van der Waals surface area contributed by atoms with Crippen molar-refractivity contribution >= 4 is 40.6 Å². The fourth-order valence-corrected chi connectivity index (χ4v) is 3.17. The maximum Gasteiger partial charge on any atom is 0.416 e. The van der Waals surface area contributed by atoms with Crippen LogP contribution in [-0.4, -0.2) is 28.4 Å². The minimum absolute atomic E-state index is 0.000156. The first-order valence-corrected chi connectivity index (χ1v) is 8.78. The molecule has 2 amide bonds. The van der Waals surface area contributed by atoms with E-state index in [0.29, 0.717) is 5.76 Å². The molecule has 1 aromatic carbocycles. The highest BCUT2D eigenvalue weighted by Gasteiger charge is 2.33. The van der Waals surface area contributed by atoms with Gasteiger partial charge in [0.25, 0.3) is 0 Å². The van der Waals surface area contributed by atoms with Gasteiger partial charge in [-0.05, 0) is 30.3 Å². The Morgan fingerprint density at radius 2 is 2.14 bits per heavy atom. The summed E-state index contributed by atoms with van der Waals surface area (Å²) in [6.07, 6.45) is -1.91. The molecule has 7 nitrogen and oxygen atoms in total. The van der Waals surface area contributed by atoms with Gasteiger partial charge in [0.2, 0.25) is 11.8 Å². The fourth-order valence-electron chi connectivity index (χ4n) is 2.24. The lowest BCUT2D eigenvalue weighted by molar-refractivity contribution is -0.137. The first kappa shape index (κ1) is 19.7. The number of halogens is 3. The van der Waals surface area contributed by atoms with E-state index in [1.165, 1.54) is 24.6 Å². The quantitative estimate of drug-likeness (QED) is 0.584. The second-order valence-corrected chi connectivity index (χ2v) is 6.78. The van der Waals surface area contributed by atoms with Crippen molar-refractivity contribution in [1.82, 2.24) is 5.32 Å².